The second-order valence-electron chi connectivity index (χ2n) is 5.42. The smallest absolute Gasteiger partial charge is 0.254 e. The lowest BCUT2D eigenvalue weighted by Gasteiger charge is -2.14. The highest BCUT2D eigenvalue weighted by atomic mass is 32.2. The molecule has 2 heterocycles. The molecule has 1 saturated heterocycles. The second-order valence-corrected chi connectivity index (χ2v) is 6.48. The van der Waals surface area contributed by atoms with E-state index in [1.807, 2.05) is 30.3 Å². The summed E-state index contributed by atoms with van der Waals surface area (Å²) in [4.78, 5) is 31.1. The average Bonchev–Trinajstić information content (AvgIpc) is 2.86. The lowest BCUT2D eigenvalue weighted by atomic mass is 10.2. The molecule has 1 atom stereocenters. The number of amides is 2. The Kier molecular flexibility index (Phi) is 4.62. The zero-order chi connectivity index (χ0) is 16.2. The van der Waals surface area contributed by atoms with Crippen molar-refractivity contribution in [2.24, 2.45) is 0 Å². The standard InChI is InChI=1S/C17H17N3O2S/c1-20-11-12(10-15(20)21)19-16(22)14-8-5-9-18-17(14)23-13-6-3-2-4-7-13/h2-9,12H,10-11H2,1H3,(H,19,22)/t12-/m0/s1. The van der Waals surface area contributed by atoms with Crippen LogP contribution in [0, 0.1) is 0 Å². The Morgan fingerprint density at radius 1 is 1.26 bits per heavy atom. The van der Waals surface area contributed by atoms with Crippen LogP contribution < -0.4 is 5.32 Å². The number of carbonyl (C=O) groups is 2. The van der Waals surface area contributed by atoms with Crippen LogP contribution in [0.3, 0.4) is 0 Å². The van der Waals surface area contributed by atoms with Gasteiger partial charge in [0.15, 0.2) is 0 Å². The van der Waals surface area contributed by atoms with Crippen molar-refractivity contribution in [2.45, 2.75) is 22.4 Å². The van der Waals surface area contributed by atoms with E-state index in [0.29, 0.717) is 23.6 Å². The predicted molar refractivity (Wildman–Crippen MR) is 88.3 cm³/mol. The number of likely N-dealkylation sites (tertiary alicyclic amines) is 1. The minimum atomic E-state index is -0.190. The molecule has 1 N–H and O–H groups in total. The van der Waals surface area contributed by atoms with Gasteiger partial charge in [-0.05, 0) is 24.3 Å². The maximum absolute atomic E-state index is 12.5. The van der Waals surface area contributed by atoms with E-state index in [1.54, 1.807) is 30.3 Å². The number of hydrogen-bond acceptors (Lipinski definition) is 4. The highest BCUT2D eigenvalue weighted by Crippen LogP contribution is 2.28. The molecule has 0 radical (unpaired) electrons. The number of hydrogen-bond donors (Lipinski definition) is 1. The third-order valence-electron chi connectivity index (χ3n) is 3.65. The van der Waals surface area contributed by atoms with Gasteiger partial charge in [0.2, 0.25) is 5.91 Å². The van der Waals surface area contributed by atoms with Gasteiger partial charge in [0.1, 0.15) is 5.03 Å². The Bertz CT molecular complexity index is 721. The van der Waals surface area contributed by atoms with Crippen LogP contribution in [0.25, 0.3) is 0 Å². The number of nitrogens with one attached hydrogen (secondary N) is 1. The maximum Gasteiger partial charge on any atom is 0.254 e. The molecule has 0 saturated carbocycles. The normalized spacial score (nSPS) is 17.3. The molecule has 5 nitrogen and oxygen atoms in total. The van der Waals surface area contributed by atoms with Crippen LogP contribution in [0.1, 0.15) is 16.8 Å². The third-order valence-corrected chi connectivity index (χ3v) is 4.68. The van der Waals surface area contributed by atoms with Gasteiger partial charge in [0.05, 0.1) is 11.6 Å². The summed E-state index contributed by atoms with van der Waals surface area (Å²) in [6, 6.07) is 13.2. The molecule has 1 aromatic carbocycles. The topological polar surface area (TPSA) is 62.3 Å². The highest BCUT2D eigenvalue weighted by Gasteiger charge is 2.28. The minimum absolute atomic E-state index is 0.0559. The Hall–Kier alpha value is -2.34. The first kappa shape index (κ1) is 15.6. The average molecular weight is 327 g/mol. The molecular weight excluding hydrogens is 310 g/mol. The van der Waals surface area contributed by atoms with Gasteiger partial charge in [-0.3, -0.25) is 9.59 Å². The monoisotopic (exact) mass is 327 g/mol. The van der Waals surface area contributed by atoms with Crippen molar-refractivity contribution in [3.05, 3.63) is 54.2 Å². The molecule has 3 rings (SSSR count). The zero-order valence-corrected chi connectivity index (χ0v) is 13.5. The van der Waals surface area contributed by atoms with Crippen molar-refractivity contribution in [3.63, 3.8) is 0 Å². The number of likely N-dealkylation sites (N-methyl/N-ethyl adjacent to an activating group) is 1. The van der Waals surface area contributed by atoms with Gasteiger partial charge in [0, 0.05) is 31.1 Å². The van der Waals surface area contributed by atoms with Crippen LogP contribution in [-0.2, 0) is 4.79 Å². The number of benzene rings is 1. The molecule has 1 fully saturated rings. The van der Waals surface area contributed by atoms with Crippen molar-refractivity contribution in [2.75, 3.05) is 13.6 Å². The molecule has 118 valence electrons. The molecule has 1 aromatic heterocycles. The molecule has 0 spiro atoms. The first-order valence-corrected chi connectivity index (χ1v) is 8.18. The lowest BCUT2D eigenvalue weighted by Crippen LogP contribution is -2.36. The molecular formula is C17H17N3O2S. The van der Waals surface area contributed by atoms with Crippen LogP contribution in [0.4, 0.5) is 0 Å². The van der Waals surface area contributed by atoms with Gasteiger partial charge in [-0.25, -0.2) is 4.98 Å². The van der Waals surface area contributed by atoms with Crippen LogP contribution in [-0.4, -0.2) is 41.3 Å². The highest BCUT2D eigenvalue weighted by molar-refractivity contribution is 7.99. The van der Waals surface area contributed by atoms with Crippen molar-refractivity contribution in [1.29, 1.82) is 0 Å². The summed E-state index contributed by atoms with van der Waals surface area (Å²) in [5.74, 6) is -0.134. The summed E-state index contributed by atoms with van der Waals surface area (Å²) in [7, 11) is 1.75. The zero-order valence-electron chi connectivity index (χ0n) is 12.7. The van der Waals surface area contributed by atoms with Gasteiger partial charge in [0.25, 0.3) is 5.91 Å². The molecule has 1 aliphatic heterocycles. The van der Waals surface area contributed by atoms with Crippen molar-refractivity contribution in [1.82, 2.24) is 15.2 Å². The van der Waals surface area contributed by atoms with Crippen molar-refractivity contribution < 1.29 is 9.59 Å². The molecule has 0 aliphatic carbocycles. The Balaban J connectivity index is 1.75. The predicted octanol–water partition coefficient (Wildman–Crippen LogP) is 2.19. The number of rotatable bonds is 4. The molecule has 2 aromatic rings. The van der Waals surface area contributed by atoms with E-state index in [0.717, 1.165) is 4.90 Å². The summed E-state index contributed by atoms with van der Waals surface area (Å²) >= 11 is 1.45. The molecule has 2 amide bonds. The van der Waals surface area contributed by atoms with Gasteiger partial charge in [-0.2, -0.15) is 0 Å². The van der Waals surface area contributed by atoms with Gasteiger partial charge >= 0.3 is 0 Å². The SMILES string of the molecule is CN1C[C@@H](NC(=O)c2cccnc2Sc2ccccc2)CC1=O. The van der Waals surface area contributed by atoms with Crippen LogP contribution in [0.5, 0.6) is 0 Å². The van der Waals surface area contributed by atoms with E-state index in [1.165, 1.54) is 11.8 Å². The van der Waals surface area contributed by atoms with Crippen molar-refractivity contribution in [3.8, 4) is 0 Å². The first-order valence-electron chi connectivity index (χ1n) is 7.36. The quantitative estimate of drug-likeness (QED) is 0.935. The molecule has 0 unspecified atom stereocenters. The van der Waals surface area contributed by atoms with Gasteiger partial charge in [-0.1, -0.05) is 30.0 Å². The number of nitrogens with zero attached hydrogens (tertiary/aromatic N) is 2. The lowest BCUT2D eigenvalue weighted by molar-refractivity contribution is -0.126. The largest absolute Gasteiger partial charge is 0.347 e. The summed E-state index contributed by atoms with van der Waals surface area (Å²) in [6.07, 6.45) is 2.03. The first-order chi connectivity index (χ1) is 11.1. The van der Waals surface area contributed by atoms with Crippen LogP contribution in [0.15, 0.2) is 58.6 Å². The molecule has 0 bridgehead atoms. The van der Waals surface area contributed by atoms with Crippen LogP contribution >= 0.6 is 11.8 Å². The summed E-state index contributed by atoms with van der Waals surface area (Å²) < 4.78 is 0. The number of pyridine rings is 1. The third kappa shape index (κ3) is 3.71. The van der Waals surface area contributed by atoms with E-state index in [4.69, 9.17) is 0 Å². The maximum atomic E-state index is 12.5. The van der Waals surface area contributed by atoms with E-state index >= 15 is 0 Å². The Labute approximate surface area is 139 Å². The molecule has 6 heteroatoms. The fourth-order valence-corrected chi connectivity index (χ4v) is 3.37. The van der Waals surface area contributed by atoms with E-state index < -0.39 is 0 Å². The summed E-state index contributed by atoms with van der Waals surface area (Å²) in [5.41, 5.74) is 0.531. The number of carbonyl (C=O) groups excluding carboxylic acids is 2. The molecule has 1 aliphatic rings. The van der Waals surface area contributed by atoms with E-state index in [2.05, 4.69) is 10.3 Å². The summed E-state index contributed by atoms with van der Waals surface area (Å²) in [5, 5.41) is 3.59. The fraction of sp³-hybridized carbons (Fsp3) is 0.235. The van der Waals surface area contributed by atoms with Gasteiger partial charge < -0.3 is 10.2 Å². The second kappa shape index (κ2) is 6.83. The summed E-state index contributed by atoms with van der Waals surface area (Å²) in [6.45, 7) is 0.548. The Morgan fingerprint density at radius 3 is 2.74 bits per heavy atom. The molecule has 23 heavy (non-hydrogen) atoms. The van der Waals surface area contributed by atoms with Crippen molar-refractivity contribution >= 4 is 23.6 Å². The fourth-order valence-electron chi connectivity index (χ4n) is 2.47. The van der Waals surface area contributed by atoms with E-state index in [-0.39, 0.29) is 17.9 Å². The van der Waals surface area contributed by atoms with Crippen LogP contribution in [0.2, 0.25) is 0 Å². The van der Waals surface area contributed by atoms with Gasteiger partial charge in [-0.15, -0.1) is 0 Å². The minimum Gasteiger partial charge on any atom is -0.347 e. The van der Waals surface area contributed by atoms with E-state index in [9.17, 15) is 9.59 Å². The Morgan fingerprint density at radius 2 is 2.04 bits per heavy atom. The number of aromatic nitrogens is 1.